The van der Waals surface area contributed by atoms with E-state index in [1.807, 2.05) is 0 Å². The van der Waals surface area contributed by atoms with Crippen LogP contribution in [-0.2, 0) is 0 Å². The molecule has 1 heterocycles. The van der Waals surface area contributed by atoms with Crippen molar-refractivity contribution in [3.8, 4) is 0 Å². The van der Waals surface area contributed by atoms with Gasteiger partial charge in [-0.3, -0.25) is 4.90 Å². The largest absolute Gasteiger partial charge is 0.396 e. The Morgan fingerprint density at radius 3 is 2.29 bits per heavy atom. The first-order chi connectivity index (χ1) is 10.3. The van der Waals surface area contributed by atoms with Crippen LogP contribution >= 0.6 is 0 Å². The molecular formula is C17H29N3O. The first kappa shape index (κ1) is 16.3. The maximum Gasteiger partial charge on any atom is 0.0449 e. The van der Waals surface area contributed by atoms with E-state index in [9.17, 15) is 5.11 Å². The van der Waals surface area contributed by atoms with Crippen molar-refractivity contribution in [2.75, 3.05) is 50.8 Å². The van der Waals surface area contributed by atoms with Gasteiger partial charge in [0.1, 0.15) is 0 Å². The molecule has 1 fully saturated rings. The number of hydrogen-bond donors (Lipinski definition) is 2. The number of piperazine rings is 1. The maximum absolute atomic E-state index is 9.40. The fourth-order valence-electron chi connectivity index (χ4n) is 3.17. The number of nitrogens with one attached hydrogen (secondary N) is 1. The van der Waals surface area contributed by atoms with E-state index in [4.69, 9.17) is 0 Å². The lowest BCUT2D eigenvalue weighted by Crippen LogP contribution is -2.45. The maximum atomic E-state index is 9.40. The standard InChI is InChI=1S/C17H29N3O/c1-3-19(4-2)16-7-5-15(6-8-16)17(9-14-21)20-12-10-18-11-13-20/h5-8,17-18,21H,3-4,9-14H2,1-2H3/t17-/m0/s1. The normalized spacial score (nSPS) is 17.7. The molecule has 0 radical (unpaired) electrons. The molecule has 0 amide bonds. The van der Waals surface area contributed by atoms with E-state index in [2.05, 4.69) is 53.2 Å². The van der Waals surface area contributed by atoms with Gasteiger partial charge in [-0.25, -0.2) is 0 Å². The lowest BCUT2D eigenvalue weighted by atomic mass is 10.0. The summed E-state index contributed by atoms with van der Waals surface area (Å²) >= 11 is 0. The Kier molecular flexibility index (Phi) is 6.49. The van der Waals surface area contributed by atoms with Gasteiger partial charge >= 0.3 is 0 Å². The minimum atomic E-state index is 0.242. The van der Waals surface area contributed by atoms with Crippen LogP contribution in [0, 0.1) is 0 Å². The molecule has 1 aromatic rings. The van der Waals surface area contributed by atoms with E-state index in [1.165, 1.54) is 11.3 Å². The molecule has 1 saturated heterocycles. The number of hydrogen-bond acceptors (Lipinski definition) is 4. The van der Waals surface area contributed by atoms with Gasteiger partial charge in [0.2, 0.25) is 0 Å². The van der Waals surface area contributed by atoms with Gasteiger partial charge in [0, 0.05) is 57.6 Å². The minimum Gasteiger partial charge on any atom is -0.396 e. The molecule has 0 saturated carbocycles. The van der Waals surface area contributed by atoms with Gasteiger partial charge in [0.25, 0.3) is 0 Å². The lowest BCUT2D eigenvalue weighted by Gasteiger charge is -2.35. The van der Waals surface area contributed by atoms with E-state index in [0.29, 0.717) is 6.04 Å². The van der Waals surface area contributed by atoms with E-state index < -0.39 is 0 Å². The number of nitrogens with zero attached hydrogens (tertiary/aromatic N) is 2. The molecule has 1 aromatic carbocycles. The molecule has 4 nitrogen and oxygen atoms in total. The summed E-state index contributed by atoms with van der Waals surface area (Å²) < 4.78 is 0. The summed E-state index contributed by atoms with van der Waals surface area (Å²) in [6, 6.07) is 9.23. The van der Waals surface area contributed by atoms with Gasteiger partial charge in [-0.15, -0.1) is 0 Å². The first-order valence-electron chi connectivity index (χ1n) is 8.20. The molecule has 0 unspecified atom stereocenters. The summed E-state index contributed by atoms with van der Waals surface area (Å²) in [5.41, 5.74) is 2.61. The van der Waals surface area contributed by atoms with Crippen LogP contribution in [-0.4, -0.2) is 55.9 Å². The fraction of sp³-hybridized carbons (Fsp3) is 0.647. The second kappa shape index (κ2) is 8.37. The highest BCUT2D eigenvalue weighted by Gasteiger charge is 2.21. The third-order valence-electron chi connectivity index (χ3n) is 4.40. The molecule has 2 N–H and O–H groups in total. The Bertz CT molecular complexity index is 397. The van der Waals surface area contributed by atoms with Crippen LogP contribution in [0.1, 0.15) is 31.9 Å². The summed E-state index contributed by atoms with van der Waals surface area (Å²) in [6.07, 6.45) is 0.810. The van der Waals surface area contributed by atoms with Crippen molar-refractivity contribution in [1.82, 2.24) is 10.2 Å². The van der Waals surface area contributed by atoms with Crippen molar-refractivity contribution in [2.24, 2.45) is 0 Å². The minimum absolute atomic E-state index is 0.242. The Balaban J connectivity index is 2.12. The predicted molar refractivity (Wildman–Crippen MR) is 88.9 cm³/mol. The quantitative estimate of drug-likeness (QED) is 0.804. The molecule has 21 heavy (non-hydrogen) atoms. The molecule has 0 aromatic heterocycles. The van der Waals surface area contributed by atoms with Gasteiger partial charge in [0.15, 0.2) is 0 Å². The first-order valence-corrected chi connectivity index (χ1v) is 8.20. The van der Waals surface area contributed by atoms with E-state index in [0.717, 1.165) is 45.7 Å². The Morgan fingerprint density at radius 1 is 1.14 bits per heavy atom. The molecule has 118 valence electrons. The lowest BCUT2D eigenvalue weighted by molar-refractivity contribution is 0.141. The molecular weight excluding hydrogens is 262 g/mol. The van der Waals surface area contributed by atoms with Crippen LogP contribution in [0.2, 0.25) is 0 Å². The number of anilines is 1. The zero-order valence-corrected chi connectivity index (χ0v) is 13.4. The topological polar surface area (TPSA) is 38.7 Å². The van der Waals surface area contributed by atoms with Gasteiger partial charge in [-0.2, -0.15) is 0 Å². The summed E-state index contributed by atoms with van der Waals surface area (Å²) in [4.78, 5) is 4.84. The monoisotopic (exact) mass is 291 g/mol. The van der Waals surface area contributed by atoms with Crippen LogP contribution < -0.4 is 10.2 Å². The van der Waals surface area contributed by atoms with E-state index in [-0.39, 0.29) is 6.61 Å². The highest BCUT2D eigenvalue weighted by Crippen LogP contribution is 2.26. The van der Waals surface area contributed by atoms with Crippen LogP contribution in [0.15, 0.2) is 24.3 Å². The van der Waals surface area contributed by atoms with Gasteiger partial charge < -0.3 is 15.3 Å². The molecule has 2 rings (SSSR count). The number of benzene rings is 1. The van der Waals surface area contributed by atoms with Crippen molar-refractivity contribution >= 4 is 5.69 Å². The van der Waals surface area contributed by atoms with Crippen molar-refractivity contribution < 1.29 is 5.11 Å². The summed E-state index contributed by atoms with van der Waals surface area (Å²) in [6.45, 7) is 10.9. The van der Waals surface area contributed by atoms with Gasteiger partial charge in [0.05, 0.1) is 0 Å². The van der Waals surface area contributed by atoms with Crippen LogP contribution in [0.4, 0.5) is 5.69 Å². The van der Waals surface area contributed by atoms with E-state index >= 15 is 0 Å². The smallest absolute Gasteiger partial charge is 0.0449 e. The number of aliphatic hydroxyl groups is 1. The molecule has 1 aliphatic rings. The predicted octanol–water partition coefficient (Wildman–Crippen LogP) is 1.86. The average Bonchev–Trinajstić information content (AvgIpc) is 2.55. The van der Waals surface area contributed by atoms with Crippen LogP contribution in [0.3, 0.4) is 0 Å². The summed E-state index contributed by atoms with van der Waals surface area (Å²) in [5, 5.41) is 12.8. The van der Waals surface area contributed by atoms with Gasteiger partial charge in [-0.1, -0.05) is 12.1 Å². The number of rotatable bonds is 7. The van der Waals surface area contributed by atoms with Gasteiger partial charge in [-0.05, 0) is 38.0 Å². The highest BCUT2D eigenvalue weighted by atomic mass is 16.3. The van der Waals surface area contributed by atoms with Crippen molar-refractivity contribution in [1.29, 1.82) is 0 Å². The second-order valence-electron chi connectivity index (χ2n) is 5.58. The third-order valence-corrected chi connectivity index (χ3v) is 4.40. The van der Waals surface area contributed by atoms with E-state index in [1.54, 1.807) is 0 Å². The third kappa shape index (κ3) is 4.19. The highest BCUT2D eigenvalue weighted by molar-refractivity contribution is 5.47. The van der Waals surface area contributed by atoms with Crippen molar-refractivity contribution in [3.63, 3.8) is 0 Å². The molecule has 1 atom stereocenters. The second-order valence-corrected chi connectivity index (χ2v) is 5.58. The molecule has 0 bridgehead atoms. The SMILES string of the molecule is CCN(CC)c1ccc([C@H](CCO)N2CCNCC2)cc1. The van der Waals surface area contributed by atoms with Crippen molar-refractivity contribution in [3.05, 3.63) is 29.8 Å². The molecule has 0 aliphatic carbocycles. The summed E-state index contributed by atoms with van der Waals surface area (Å²) in [5.74, 6) is 0. The number of aliphatic hydroxyl groups excluding tert-OH is 1. The summed E-state index contributed by atoms with van der Waals surface area (Å²) in [7, 11) is 0. The van der Waals surface area contributed by atoms with Crippen LogP contribution in [0.5, 0.6) is 0 Å². The zero-order valence-electron chi connectivity index (χ0n) is 13.4. The Hall–Kier alpha value is -1.10. The molecule has 1 aliphatic heterocycles. The Morgan fingerprint density at radius 2 is 1.76 bits per heavy atom. The average molecular weight is 291 g/mol. The molecule has 0 spiro atoms. The fourth-order valence-corrected chi connectivity index (χ4v) is 3.17. The Labute approximate surface area is 128 Å². The molecule has 4 heteroatoms. The van der Waals surface area contributed by atoms with Crippen LogP contribution in [0.25, 0.3) is 0 Å². The van der Waals surface area contributed by atoms with Crippen molar-refractivity contribution in [2.45, 2.75) is 26.3 Å². The zero-order chi connectivity index (χ0) is 15.1.